The van der Waals surface area contributed by atoms with Gasteiger partial charge in [-0.3, -0.25) is 13.9 Å². The van der Waals surface area contributed by atoms with Gasteiger partial charge < -0.3 is 10.2 Å². The molecule has 7 nitrogen and oxygen atoms in total. The molecule has 0 aliphatic rings. The molecule has 4 rings (SSSR count). The first kappa shape index (κ1) is 34.3. The Kier molecular flexibility index (Phi) is 11.9. The molecule has 0 aromatic heterocycles. The van der Waals surface area contributed by atoms with E-state index >= 15 is 0 Å². The van der Waals surface area contributed by atoms with E-state index in [4.69, 9.17) is 34.8 Å². The summed E-state index contributed by atoms with van der Waals surface area (Å²) in [5, 5.41) is 3.78. The molecule has 0 saturated heterocycles. The second-order valence-corrected chi connectivity index (χ2v) is 14.1. The summed E-state index contributed by atoms with van der Waals surface area (Å²) in [6.45, 7) is 3.72. The highest BCUT2D eigenvalue weighted by Gasteiger charge is 2.35. The van der Waals surface area contributed by atoms with E-state index in [0.717, 1.165) is 9.87 Å². The maximum atomic E-state index is 14.5. The number of benzene rings is 4. The van der Waals surface area contributed by atoms with Crippen LogP contribution in [0.2, 0.25) is 15.1 Å². The average Bonchev–Trinajstić information content (AvgIpc) is 3.01. The Hall–Kier alpha value is -3.56. The van der Waals surface area contributed by atoms with Crippen molar-refractivity contribution < 1.29 is 18.0 Å². The van der Waals surface area contributed by atoms with Gasteiger partial charge in [0.25, 0.3) is 10.0 Å². The number of carbonyl (C=O) groups is 2. The lowest BCUT2D eigenvalue weighted by molar-refractivity contribution is -0.140. The van der Waals surface area contributed by atoms with Gasteiger partial charge in [-0.2, -0.15) is 0 Å². The summed E-state index contributed by atoms with van der Waals surface area (Å²) in [7, 11) is -4.29. The first-order valence-electron chi connectivity index (χ1n) is 14.3. The smallest absolute Gasteiger partial charge is 0.264 e. The van der Waals surface area contributed by atoms with Crippen molar-refractivity contribution in [3.63, 3.8) is 0 Å². The van der Waals surface area contributed by atoms with Crippen LogP contribution in [-0.4, -0.2) is 44.3 Å². The average molecular weight is 687 g/mol. The number of halogens is 3. The lowest BCUT2D eigenvalue weighted by atomic mass is 10.0. The van der Waals surface area contributed by atoms with Crippen LogP contribution in [0.15, 0.2) is 108 Å². The van der Waals surface area contributed by atoms with Gasteiger partial charge >= 0.3 is 0 Å². The van der Waals surface area contributed by atoms with Crippen LogP contribution in [0.5, 0.6) is 0 Å². The highest BCUT2D eigenvalue weighted by Crippen LogP contribution is 2.33. The molecule has 0 aliphatic carbocycles. The molecule has 0 spiro atoms. The number of rotatable bonds is 13. The lowest BCUT2D eigenvalue weighted by Crippen LogP contribution is -2.53. The molecule has 0 radical (unpaired) electrons. The number of amides is 2. The van der Waals surface area contributed by atoms with Gasteiger partial charge in [-0.1, -0.05) is 109 Å². The van der Waals surface area contributed by atoms with Crippen molar-refractivity contribution in [3.8, 4) is 0 Å². The third-order valence-corrected chi connectivity index (χ3v) is 9.53. The van der Waals surface area contributed by atoms with Crippen LogP contribution in [0.1, 0.15) is 25.0 Å². The van der Waals surface area contributed by atoms with Crippen LogP contribution in [-0.2, 0) is 32.6 Å². The van der Waals surface area contributed by atoms with Crippen LogP contribution in [0.4, 0.5) is 5.69 Å². The van der Waals surface area contributed by atoms with Crippen molar-refractivity contribution >= 4 is 62.3 Å². The Morgan fingerprint density at radius 2 is 1.40 bits per heavy atom. The first-order chi connectivity index (χ1) is 21.5. The number of nitrogens with one attached hydrogen (secondary N) is 1. The Morgan fingerprint density at radius 1 is 0.778 bits per heavy atom. The van der Waals surface area contributed by atoms with Crippen LogP contribution < -0.4 is 9.62 Å². The molecule has 1 N–H and O–H groups in total. The number of anilines is 1. The molecule has 4 aromatic carbocycles. The van der Waals surface area contributed by atoms with E-state index < -0.39 is 28.5 Å². The molecule has 0 saturated carbocycles. The second-order valence-electron chi connectivity index (χ2n) is 10.9. The van der Waals surface area contributed by atoms with Crippen LogP contribution in [0, 0.1) is 5.92 Å². The summed E-state index contributed by atoms with van der Waals surface area (Å²) in [5.41, 5.74) is 1.58. The van der Waals surface area contributed by atoms with Crippen molar-refractivity contribution in [1.82, 2.24) is 10.2 Å². The molecule has 0 fully saturated rings. The summed E-state index contributed by atoms with van der Waals surface area (Å²) in [5.74, 6) is -0.798. The topological polar surface area (TPSA) is 86.8 Å². The second kappa shape index (κ2) is 15.6. The molecule has 1 atom stereocenters. The minimum absolute atomic E-state index is 0.000430. The molecule has 236 valence electrons. The van der Waals surface area contributed by atoms with Crippen molar-refractivity contribution in [2.45, 2.75) is 37.8 Å². The predicted octanol–water partition coefficient (Wildman–Crippen LogP) is 7.25. The zero-order valence-corrected chi connectivity index (χ0v) is 28.0. The standard InChI is InChI=1S/C34H34Cl3N3O4S/c1-24(2)21-38-34(42)32(19-25-10-5-3-6-11-25)39(22-26-12-9-13-27(35)18-26)33(41)23-40(31-17-16-28(36)20-30(31)37)45(43,44)29-14-7-4-8-15-29/h3-18,20,24,32H,19,21-23H2,1-2H3,(H,38,42). The number of sulfonamides is 1. The summed E-state index contributed by atoms with van der Waals surface area (Å²) in [6, 6.07) is 27.5. The first-order valence-corrected chi connectivity index (χ1v) is 16.9. The van der Waals surface area contributed by atoms with Crippen LogP contribution in [0.3, 0.4) is 0 Å². The van der Waals surface area contributed by atoms with Gasteiger partial charge in [0.05, 0.1) is 15.6 Å². The molecule has 0 aliphatic heterocycles. The molecule has 2 amide bonds. The maximum absolute atomic E-state index is 14.5. The van der Waals surface area contributed by atoms with Gasteiger partial charge in [-0.05, 0) is 59.5 Å². The Labute approximate surface area is 279 Å². The molecule has 0 heterocycles. The van der Waals surface area contributed by atoms with Gasteiger partial charge in [-0.15, -0.1) is 0 Å². The maximum Gasteiger partial charge on any atom is 0.264 e. The van der Waals surface area contributed by atoms with Crippen molar-refractivity contribution in [2.24, 2.45) is 5.92 Å². The lowest BCUT2D eigenvalue weighted by Gasteiger charge is -2.34. The summed E-state index contributed by atoms with van der Waals surface area (Å²) >= 11 is 19.0. The van der Waals surface area contributed by atoms with Crippen LogP contribution >= 0.6 is 34.8 Å². The van der Waals surface area contributed by atoms with E-state index in [1.165, 1.54) is 35.2 Å². The van der Waals surface area contributed by atoms with E-state index in [2.05, 4.69) is 5.32 Å². The molecular formula is C34H34Cl3N3O4S. The summed E-state index contributed by atoms with van der Waals surface area (Å²) < 4.78 is 29.1. The third-order valence-electron chi connectivity index (χ3n) is 6.99. The number of hydrogen-bond acceptors (Lipinski definition) is 4. The van der Waals surface area contributed by atoms with E-state index in [1.54, 1.807) is 42.5 Å². The highest BCUT2D eigenvalue weighted by molar-refractivity contribution is 7.92. The minimum Gasteiger partial charge on any atom is -0.354 e. The summed E-state index contributed by atoms with van der Waals surface area (Å²) in [6.07, 6.45) is 0.199. The Balaban J connectivity index is 1.82. The zero-order valence-electron chi connectivity index (χ0n) is 24.9. The normalized spacial score (nSPS) is 12.0. The highest BCUT2D eigenvalue weighted by atomic mass is 35.5. The fourth-order valence-corrected chi connectivity index (χ4v) is 6.95. The van der Waals surface area contributed by atoms with Gasteiger partial charge in [0.15, 0.2) is 0 Å². The zero-order chi connectivity index (χ0) is 32.6. The molecule has 11 heteroatoms. The fourth-order valence-electron chi connectivity index (χ4n) is 4.73. The molecule has 1 unspecified atom stereocenters. The quantitative estimate of drug-likeness (QED) is 0.161. The van der Waals surface area contributed by atoms with Gasteiger partial charge in [0.2, 0.25) is 11.8 Å². The third kappa shape index (κ3) is 9.23. The number of carbonyl (C=O) groups excluding carboxylic acids is 2. The van der Waals surface area contributed by atoms with E-state index in [0.29, 0.717) is 22.2 Å². The molecule has 4 aromatic rings. The molecule has 45 heavy (non-hydrogen) atoms. The van der Waals surface area contributed by atoms with Gasteiger partial charge in [0.1, 0.15) is 12.6 Å². The molecule has 0 bridgehead atoms. The fraction of sp³-hybridized carbons (Fsp3) is 0.235. The van der Waals surface area contributed by atoms with E-state index in [-0.39, 0.29) is 40.4 Å². The van der Waals surface area contributed by atoms with Crippen molar-refractivity contribution in [1.29, 1.82) is 0 Å². The van der Waals surface area contributed by atoms with Crippen molar-refractivity contribution in [3.05, 3.63) is 129 Å². The van der Waals surface area contributed by atoms with Crippen molar-refractivity contribution in [2.75, 3.05) is 17.4 Å². The number of hydrogen-bond donors (Lipinski definition) is 1. The van der Waals surface area contributed by atoms with Crippen LogP contribution in [0.25, 0.3) is 0 Å². The monoisotopic (exact) mass is 685 g/mol. The van der Waals surface area contributed by atoms with Gasteiger partial charge in [0, 0.05) is 29.6 Å². The van der Waals surface area contributed by atoms with E-state index in [1.807, 2.05) is 44.2 Å². The predicted molar refractivity (Wildman–Crippen MR) is 181 cm³/mol. The van der Waals surface area contributed by atoms with E-state index in [9.17, 15) is 18.0 Å². The molecular weight excluding hydrogens is 653 g/mol. The van der Waals surface area contributed by atoms with Gasteiger partial charge in [-0.25, -0.2) is 8.42 Å². The SMILES string of the molecule is CC(C)CNC(=O)C(Cc1ccccc1)N(Cc1cccc(Cl)c1)C(=O)CN(c1ccc(Cl)cc1Cl)S(=O)(=O)c1ccccc1. The Bertz CT molecular complexity index is 1720. The Morgan fingerprint density at radius 3 is 2.02 bits per heavy atom. The number of nitrogens with zero attached hydrogens (tertiary/aromatic N) is 2. The largest absolute Gasteiger partial charge is 0.354 e. The summed E-state index contributed by atoms with van der Waals surface area (Å²) in [4.78, 5) is 29.7. The minimum atomic E-state index is -4.29.